The minimum absolute atomic E-state index is 0.0282. The molecule has 0 radical (unpaired) electrons. The molecule has 0 unspecified atom stereocenters. The molecular formula is C23H27ClN4O2. The summed E-state index contributed by atoms with van der Waals surface area (Å²) in [7, 11) is 2.15. The van der Waals surface area contributed by atoms with Crippen LogP contribution in [0.25, 0.3) is 0 Å². The summed E-state index contributed by atoms with van der Waals surface area (Å²) >= 11 is 6.15. The van der Waals surface area contributed by atoms with Crippen LogP contribution in [0.1, 0.15) is 28.8 Å². The molecule has 2 amide bonds. The first-order chi connectivity index (χ1) is 14.5. The van der Waals surface area contributed by atoms with E-state index in [1.807, 2.05) is 18.2 Å². The van der Waals surface area contributed by atoms with Crippen LogP contribution in [0.15, 0.2) is 42.5 Å². The fourth-order valence-corrected chi connectivity index (χ4v) is 4.20. The summed E-state index contributed by atoms with van der Waals surface area (Å²) in [5.41, 5.74) is 2.96. The highest BCUT2D eigenvalue weighted by atomic mass is 35.5. The van der Waals surface area contributed by atoms with Crippen LogP contribution < -0.4 is 10.2 Å². The van der Waals surface area contributed by atoms with Gasteiger partial charge in [-0.2, -0.15) is 0 Å². The Kier molecular flexibility index (Phi) is 6.37. The van der Waals surface area contributed by atoms with E-state index in [0.717, 1.165) is 44.8 Å². The number of nitrogens with zero attached hydrogens (tertiary/aromatic N) is 3. The lowest BCUT2D eigenvalue weighted by Crippen LogP contribution is -2.43. The Morgan fingerprint density at radius 3 is 2.60 bits per heavy atom. The molecule has 2 fully saturated rings. The minimum atomic E-state index is -0.238. The van der Waals surface area contributed by atoms with Crippen LogP contribution in [0.2, 0.25) is 5.02 Å². The number of piperazine rings is 1. The number of nitrogens with one attached hydrogen (secondary N) is 1. The Hall–Kier alpha value is -2.41. The second kappa shape index (κ2) is 9.16. The topological polar surface area (TPSA) is 55.9 Å². The third-order valence-corrected chi connectivity index (χ3v) is 5.99. The van der Waals surface area contributed by atoms with Gasteiger partial charge in [-0.05, 0) is 49.4 Å². The maximum absolute atomic E-state index is 13.0. The van der Waals surface area contributed by atoms with Gasteiger partial charge in [0.2, 0.25) is 5.91 Å². The molecule has 30 heavy (non-hydrogen) atoms. The molecular weight excluding hydrogens is 400 g/mol. The number of rotatable bonds is 5. The Morgan fingerprint density at radius 2 is 1.87 bits per heavy atom. The summed E-state index contributed by atoms with van der Waals surface area (Å²) in [6, 6.07) is 13.0. The van der Waals surface area contributed by atoms with Gasteiger partial charge in [0.1, 0.15) is 0 Å². The van der Waals surface area contributed by atoms with Crippen molar-refractivity contribution in [2.24, 2.45) is 0 Å². The Bertz CT molecular complexity index is 941. The lowest BCUT2D eigenvalue weighted by molar-refractivity contribution is -0.117. The van der Waals surface area contributed by atoms with Crippen molar-refractivity contribution in [1.29, 1.82) is 0 Å². The van der Waals surface area contributed by atoms with Crippen LogP contribution in [-0.4, -0.2) is 61.4 Å². The highest BCUT2D eigenvalue weighted by Gasteiger charge is 2.26. The normalized spacial score (nSPS) is 18.1. The first-order valence-electron chi connectivity index (χ1n) is 10.4. The molecule has 4 rings (SSSR count). The lowest BCUT2D eigenvalue weighted by atomic mass is 10.1. The van der Waals surface area contributed by atoms with E-state index >= 15 is 0 Å². The zero-order valence-corrected chi connectivity index (χ0v) is 18.0. The van der Waals surface area contributed by atoms with Gasteiger partial charge in [-0.15, -0.1) is 0 Å². The number of benzene rings is 2. The second-order valence-corrected chi connectivity index (χ2v) is 8.48. The fourth-order valence-electron chi connectivity index (χ4n) is 4.03. The number of carbonyl (C=O) groups excluding carboxylic acids is 2. The first kappa shape index (κ1) is 20.8. The van der Waals surface area contributed by atoms with Gasteiger partial charge in [0, 0.05) is 56.4 Å². The van der Waals surface area contributed by atoms with Gasteiger partial charge in [0.25, 0.3) is 5.91 Å². The summed E-state index contributed by atoms with van der Waals surface area (Å²) in [5, 5.41) is 3.50. The third kappa shape index (κ3) is 4.83. The van der Waals surface area contributed by atoms with Crippen molar-refractivity contribution in [2.45, 2.75) is 19.4 Å². The van der Waals surface area contributed by atoms with Crippen LogP contribution in [0.3, 0.4) is 0 Å². The zero-order valence-electron chi connectivity index (χ0n) is 17.2. The summed E-state index contributed by atoms with van der Waals surface area (Å²) in [6.45, 7) is 5.72. The second-order valence-electron chi connectivity index (χ2n) is 8.04. The average Bonchev–Trinajstić information content (AvgIpc) is 3.15. The van der Waals surface area contributed by atoms with Crippen LogP contribution >= 0.6 is 11.6 Å². The molecule has 0 saturated carbocycles. The predicted molar refractivity (Wildman–Crippen MR) is 120 cm³/mol. The van der Waals surface area contributed by atoms with E-state index in [1.165, 1.54) is 5.56 Å². The van der Waals surface area contributed by atoms with Gasteiger partial charge in [0.05, 0.1) is 11.3 Å². The van der Waals surface area contributed by atoms with Crippen LogP contribution in [-0.2, 0) is 11.3 Å². The number of halogens is 1. The lowest BCUT2D eigenvalue weighted by Gasteiger charge is -2.32. The average molecular weight is 427 g/mol. The molecule has 0 atom stereocenters. The van der Waals surface area contributed by atoms with Crippen molar-refractivity contribution in [3.8, 4) is 0 Å². The molecule has 2 heterocycles. The summed E-state index contributed by atoms with van der Waals surface area (Å²) in [6.07, 6.45) is 1.29. The Balaban J connectivity index is 1.49. The zero-order chi connectivity index (χ0) is 21.1. The smallest absolute Gasteiger partial charge is 0.257 e. The van der Waals surface area contributed by atoms with Gasteiger partial charge in [-0.1, -0.05) is 23.7 Å². The molecule has 0 aromatic heterocycles. The number of hydrogen-bond donors (Lipinski definition) is 1. The maximum atomic E-state index is 13.0. The van der Waals surface area contributed by atoms with Gasteiger partial charge < -0.3 is 15.1 Å². The molecule has 2 aliphatic heterocycles. The molecule has 2 aliphatic rings. The van der Waals surface area contributed by atoms with Crippen molar-refractivity contribution in [3.05, 3.63) is 58.6 Å². The quantitative estimate of drug-likeness (QED) is 0.795. The molecule has 6 nitrogen and oxygen atoms in total. The molecule has 158 valence electrons. The van der Waals surface area contributed by atoms with Gasteiger partial charge in [-0.25, -0.2) is 0 Å². The molecule has 2 aromatic carbocycles. The monoisotopic (exact) mass is 426 g/mol. The molecule has 1 N–H and O–H groups in total. The van der Waals surface area contributed by atoms with Gasteiger partial charge in [0.15, 0.2) is 0 Å². The van der Waals surface area contributed by atoms with Crippen LogP contribution in [0.4, 0.5) is 11.4 Å². The van der Waals surface area contributed by atoms with E-state index in [9.17, 15) is 9.59 Å². The number of carbonyl (C=O) groups is 2. The van der Waals surface area contributed by atoms with Crippen molar-refractivity contribution in [3.63, 3.8) is 0 Å². The van der Waals surface area contributed by atoms with Crippen LogP contribution in [0, 0.1) is 0 Å². The maximum Gasteiger partial charge on any atom is 0.257 e. The van der Waals surface area contributed by atoms with Crippen molar-refractivity contribution >= 4 is 34.8 Å². The minimum Gasteiger partial charge on any atom is -0.322 e. The highest BCUT2D eigenvalue weighted by Crippen LogP contribution is 2.29. The van der Waals surface area contributed by atoms with E-state index in [-0.39, 0.29) is 11.8 Å². The first-order valence-corrected chi connectivity index (χ1v) is 10.8. The van der Waals surface area contributed by atoms with E-state index in [4.69, 9.17) is 11.6 Å². The third-order valence-electron chi connectivity index (χ3n) is 5.76. The molecule has 0 bridgehead atoms. The number of amides is 2. The SMILES string of the molecule is CN1CCN(Cc2cccc(NC(=O)c3ccc(Cl)cc3N3CCCC3=O)c2)CC1. The van der Waals surface area contributed by atoms with E-state index in [0.29, 0.717) is 29.2 Å². The highest BCUT2D eigenvalue weighted by molar-refractivity contribution is 6.31. The Morgan fingerprint density at radius 1 is 1.07 bits per heavy atom. The van der Waals surface area contributed by atoms with Crippen LogP contribution in [0.5, 0.6) is 0 Å². The molecule has 0 aliphatic carbocycles. The predicted octanol–water partition coefficient (Wildman–Crippen LogP) is 3.47. The summed E-state index contributed by atoms with van der Waals surface area (Å²) in [4.78, 5) is 31.7. The number of hydrogen-bond acceptors (Lipinski definition) is 4. The van der Waals surface area contributed by atoms with Crippen molar-refractivity contribution in [2.75, 3.05) is 50.0 Å². The van der Waals surface area contributed by atoms with Crippen molar-refractivity contribution < 1.29 is 9.59 Å². The van der Waals surface area contributed by atoms with E-state index < -0.39 is 0 Å². The number of anilines is 2. The van der Waals surface area contributed by atoms with Crippen molar-refractivity contribution in [1.82, 2.24) is 9.80 Å². The number of likely N-dealkylation sites (N-methyl/N-ethyl adjacent to an activating group) is 1. The Labute approximate surface area is 182 Å². The fraction of sp³-hybridized carbons (Fsp3) is 0.391. The summed E-state index contributed by atoms with van der Waals surface area (Å²) < 4.78 is 0. The largest absolute Gasteiger partial charge is 0.322 e. The molecule has 0 spiro atoms. The van der Waals surface area contributed by atoms with Gasteiger partial charge in [-0.3, -0.25) is 14.5 Å². The summed E-state index contributed by atoms with van der Waals surface area (Å²) in [5.74, 6) is -0.210. The molecule has 2 aromatic rings. The van der Waals surface area contributed by atoms with E-state index in [1.54, 1.807) is 23.1 Å². The van der Waals surface area contributed by atoms with Gasteiger partial charge >= 0.3 is 0 Å². The molecule has 7 heteroatoms. The van der Waals surface area contributed by atoms with E-state index in [2.05, 4.69) is 28.2 Å². The molecule has 2 saturated heterocycles. The standard InChI is InChI=1S/C23H27ClN4O2/c1-26-10-12-27(13-11-26)16-17-4-2-5-19(14-17)25-23(30)20-8-7-18(24)15-21(20)28-9-3-6-22(28)29/h2,4-5,7-8,14-15H,3,6,9-13,16H2,1H3,(H,25,30).